The zero-order valence-electron chi connectivity index (χ0n) is 12.7. The normalized spacial score (nSPS) is 19.2. The lowest BCUT2D eigenvalue weighted by Crippen LogP contribution is -2.44. The standard InChI is InChI=1S/C16H16F2N2O3S/c17-12-3-4-15(18)16(10-12)24(21,22)20-9-1-2-14(11-20)23-13-5-7-19-8-6-13/h3-8,10,14H,1-2,9,11H2. The van der Waals surface area contributed by atoms with Crippen LogP contribution in [-0.4, -0.2) is 36.9 Å². The summed E-state index contributed by atoms with van der Waals surface area (Å²) in [5, 5.41) is 0. The van der Waals surface area contributed by atoms with Crippen molar-refractivity contribution in [2.24, 2.45) is 0 Å². The number of rotatable bonds is 4. The predicted octanol–water partition coefficient (Wildman–Crippen LogP) is 2.59. The molecule has 128 valence electrons. The Bertz CT molecular complexity index is 815. The molecule has 0 saturated carbocycles. The van der Waals surface area contributed by atoms with Gasteiger partial charge in [-0.1, -0.05) is 0 Å². The van der Waals surface area contributed by atoms with Gasteiger partial charge in [0, 0.05) is 18.9 Å². The van der Waals surface area contributed by atoms with E-state index in [1.165, 1.54) is 0 Å². The molecule has 2 aromatic rings. The Labute approximate surface area is 138 Å². The molecular weight excluding hydrogens is 338 g/mol. The van der Waals surface area contributed by atoms with E-state index >= 15 is 0 Å². The number of halogens is 2. The minimum Gasteiger partial charge on any atom is -0.489 e. The maximum absolute atomic E-state index is 13.9. The van der Waals surface area contributed by atoms with Gasteiger partial charge in [0.05, 0.1) is 6.54 Å². The molecule has 24 heavy (non-hydrogen) atoms. The lowest BCUT2D eigenvalue weighted by Gasteiger charge is -2.32. The van der Waals surface area contributed by atoms with Gasteiger partial charge in [-0.3, -0.25) is 4.98 Å². The summed E-state index contributed by atoms with van der Waals surface area (Å²) in [6.45, 7) is 0.328. The van der Waals surface area contributed by atoms with E-state index < -0.39 is 26.6 Å². The second kappa shape index (κ2) is 6.82. The van der Waals surface area contributed by atoms with Crippen molar-refractivity contribution in [2.45, 2.75) is 23.8 Å². The van der Waals surface area contributed by atoms with Gasteiger partial charge in [0.2, 0.25) is 10.0 Å². The summed E-state index contributed by atoms with van der Waals surface area (Å²) >= 11 is 0. The summed E-state index contributed by atoms with van der Waals surface area (Å²) in [4.78, 5) is 3.24. The Kier molecular flexibility index (Phi) is 4.77. The third-order valence-electron chi connectivity index (χ3n) is 3.80. The molecule has 1 aliphatic heterocycles. The van der Waals surface area contributed by atoms with Gasteiger partial charge in [0.15, 0.2) is 0 Å². The number of hydrogen-bond donors (Lipinski definition) is 0. The van der Waals surface area contributed by atoms with Crippen LogP contribution in [0.25, 0.3) is 0 Å². The van der Waals surface area contributed by atoms with Gasteiger partial charge in [-0.25, -0.2) is 17.2 Å². The molecule has 5 nitrogen and oxygen atoms in total. The van der Waals surface area contributed by atoms with E-state index in [9.17, 15) is 17.2 Å². The average molecular weight is 354 g/mol. The average Bonchev–Trinajstić information content (AvgIpc) is 2.58. The first-order valence-corrected chi connectivity index (χ1v) is 8.93. The van der Waals surface area contributed by atoms with Crippen LogP contribution < -0.4 is 4.74 Å². The summed E-state index contributed by atoms with van der Waals surface area (Å²) < 4.78 is 59.3. The summed E-state index contributed by atoms with van der Waals surface area (Å²) in [6.07, 6.45) is 4.06. The molecule has 1 aromatic heterocycles. The van der Waals surface area contributed by atoms with Crippen molar-refractivity contribution in [3.8, 4) is 5.75 Å². The molecule has 1 aromatic carbocycles. The fraction of sp³-hybridized carbons (Fsp3) is 0.312. The van der Waals surface area contributed by atoms with E-state index in [4.69, 9.17) is 4.74 Å². The van der Waals surface area contributed by atoms with Gasteiger partial charge in [-0.2, -0.15) is 4.31 Å². The number of piperidine rings is 1. The monoisotopic (exact) mass is 354 g/mol. The number of ether oxygens (including phenoxy) is 1. The molecule has 1 atom stereocenters. The van der Waals surface area contributed by atoms with E-state index in [0.29, 0.717) is 24.7 Å². The molecule has 0 radical (unpaired) electrons. The lowest BCUT2D eigenvalue weighted by molar-refractivity contribution is 0.129. The van der Waals surface area contributed by atoms with Crippen LogP contribution in [-0.2, 0) is 10.0 Å². The lowest BCUT2D eigenvalue weighted by atomic mass is 10.1. The Hall–Kier alpha value is -2.06. The van der Waals surface area contributed by atoms with Gasteiger partial charge in [-0.05, 0) is 43.2 Å². The SMILES string of the molecule is O=S(=O)(c1cc(F)ccc1F)N1CCCC(Oc2ccncc2)C1. The van der Waals surface area contributed by atoms with Crippen LogP contribution in [0.4, 0.5) is 8.78 Å². The van der Waals surface area contributed by atoms with Crippen molar-refractivity contribution in [3.05, 3.63) is 54.4 Å². The predicted molar refractivity (Wildman–Crippen MR) is 83.0 cm³/mol. The van der Waals surface area contributed by atoms with Crippen molar-refractivity contribution >= 4 is 10.0 Å². The van der Waals surface area contributed by atoms with Crippen LogP contribution in [0.5, 0.6) is 5.75 Å². The Balaban J connectivity index is 1.79. The minimum atomic E-state index is -4.11. The summed E-state index contributed by atoms with van der Waals surface area (Å²) in [5.41, 5.74) is 0. The molecule has 2 heterocycles. The molecule has 0 aliphatic carbocycles. The van der Waals surface area contributed by atoms with E-state index in [1.54, 1.807) is 24.5 Å². The first-order chi connectivity index (χ1) is 11.5. The number of pyridine rings is 1. The van der Waals surface area contributed by atoms with E-state index in [2.05, 4.69) is 4.98 Å². The third kappa shape index (κ3) is 3.54. The zero-order valence-corrected chi connectivity index (χ0v) is 13.5. The molecular formula is C16H16F2N2O3S. The Morgan fingerprint density at radius 2 is 1.92 bits per heavy atom. The van der Waals surface area contributed by atoms with E-state index in [-0.39, 0.29) is 19.2 Å². The van der Waals surface area contributed by atoms with Crippen molar-refractivity contribution in [1.82, 2.24) is 9.29 Å². The number of nitrogens with zero attached hydrogens (tertiary/aromatic N) is 2. The van der Waals surface area contributed by atoms with Crippen molar-refractivity contribution in [1.29, 1.82) is 0 Å². The second-order valence-electron chi connectivity index (χ2n) is 5.50. The van der Waals surface area contributed by atoms with Crippen molar-refractivity contribution in [3.63, 3.8) is 0 Å². The van der Waals surface area contributed by atoms with Gasteiger partial charge < -0.3 is 4.74 Å². The molecule has 1 fully saturated rings. The Morgan fingerprint density at radius 3 is 2.67 bits per heavy atom. The maximum Gasteiger partial charge on any atom is 0.246 e. The second-order valence-corrected chi connectivity index (χ2v) is 7.41. The quantitative estimate of drug-likeness (QED) is 0.847. The van der Waals surface area contributed by atoms with Crippen LogP contribution in [0.3, 0.4) is 0 Å². The molecule has 3 rings (SSSR count). The third-order valence-corrected chi connectivity index (χ3v) is 5.68. The number of aromatic nitrogens is 1. The van der Waals surface area contributed by atoms with Crippen LogP contribution in [0.2, 0.25) is 0 Å². The molecule has 0 N–H and O–H groups in total. The molecule has 0 spiro atoms. The van der Waals surface area contributed by atoms with Crippen molar-refractivity contribution in [2.75, 3.05) is 13.1 Å². The van der Waals surface area contributed by atoms with Gasteiger partial charge >= 0.3 is 0 Å². The van der Waals surface area contributed by atoms with Gasteiger partial charge in [0.1, 0.15) is 28.4 Å². The summed E-state index contributed by atoms with van der Waals surface area (Å²) in [5.74, 6) is -1.17. The largest absolute Gasteiger partial charge is 0.489 e. The van der Waals surface area contributed by atoms with Crippen LogP contribution in [0, 0.1) is 11.6 Å². The summed E-state index contributed by atoms with van der Waals surface area (Å²) in [7, 11) is -4.11. The molecule has 1 unspecified atom stereocenters. The van der Waals surface area contributed by atoms with E-state index in [1.807, 2.05) is 0 Å². The molecule has 1 saturated heterocycles. The molecule has 0 amide bonds. The topological polar surface area (TPSA) is 59.5 Å². The molecule has 8 heteroatoms. The highest BCUT2D eigenvalue weighted by Gasteiger charge is 2.33. The highest BCUT2D eigenvalue weighted by molar-refractivity contribution is 7.89. The van der Waals surface area contributed by atoms with Crippen molar-refractivity contribution < 1.29 is 21.9 Å². The first-order valence-electron chi connectivity index (χ1n) is 7.49. The minimum absolute atomic E-state index is 0.0839. The Morgan fingerprint density at radius 1 is 1.17 bits per heavy atom. The molecule has 1 aliphatic rings. The smallest absolute Gasteiger partial charge is 0.246 e. The van der Waals surface area contributed by atoms with Gasteiger partial charge in [-0.15, -0.1) is 0 Å². The number of hydrogen-bond acceptors (Lipinski definition) is 4. The van der Waals surface area contributed by atoms with Gasteiger partial charge in [0.25, 0.3) is 0 Å². The maximum atomic E-state index is 13.9. The van der Waals surface area contributed by atoms with E-state index in [0.717, 1.165) is 16.4 Å². The van der Waals surface area contributed by atoms with Crippen LogP contribution >= 0.6 is 0 Å². The van der Waals surface area contributed by atoms with Crippen LogP contribution in [0.1, 0.15) is 12.8 Å². The zero-order chi connectivity index (χ0) is 17.2. The fourth-order valence-corrected chi connectivity index (χ4v) is 4.23. The number of sulfonamides is 1. The fourth-order valence-electron chi connectivity index (χ4n) is 2.64. The summed E-state index contributed by atoms with van der Waals surface area (Å²) in [6, 6.07) is 5.77. The first kappa shape index (κ1) is 16.8. The number of benzene rings is 1. The molecule has 0 bridgehead atoms. The van der Waals surface area contributed by atoms with Crippen LogP contribution in [0.15, 0.2) is 47.6 Å². The highest BCUT2D eigenvalue weighted by Crippen LogP contribution is 2.25. The highest BCUT2D eigenvalue weighted by atomic mass is 32.2.